The molecule has 2 aromatic carbocycles. The Morgan fingerprint density at radius 3 is 2.42 bits per heavy atom. The highest BCUT2D eigenvalue weighted by molar-refractivity contribution is 5.80. The van der Waals surface area contributed by atoms with Crippen LogP contribution in [0.4, 0.5) is 5.95 Å². The third-order valence-corrected chi connectivity index (χ3v) is 6.55. The van der Waals surface area contributed by atoms with Crippen molar-refractivity contribution in [3.63, 3.8) is 0 Å². The number of carbonyl (C=O) groups excluding carboxylic acids is 2. The number of hydrogen-bond donors (Lipinski definition) is 0. The molecule has 2 amide bonds. The van der Waals surface area contributed by atoms with Gasteiger partial charge in [-0.1, -0.05) is 47.6 Å². The van der Waals surface area contributed by atoms with E-state index in [2.05, 4.69) is 26.5 Å². The standard InChI is InChI=1S/C24H27N7O2/c1-18(32)30-12-11-19-7-5-6-10-21(19)22(30)17-23(33)28-13-15-29(16-14-28)24-25-26-27-31(24)20-8-3-2-4-9-20/h2-10,22H,11-17H2,1H3. The van der Waals surface area contributed by atoms with Crippen molar-refractivity contribution in [2.45, 2.75) is 25.8 Å². The maximum atomic E-state index is 13.2. The summed E-state index contributed by atoms with van der Waals surface area (Å²) in [6.07, 6.45) is 1.13. The molecule has 0 bridgehead atoms. The fourth-order valence-corrected chi connectivity index (χ4v) is 4.81. The first-order chi connectivity index (χ1) is 16.1. The smallest absolute Gasteiger partial charge is 0.250 e. The van der Waals surface area contributed by atoms with Gasteiger partial charge in [0.15, 0.2) is 0 Å². The predicted molar refractivity (Wildman–Crippen MR) is 123 cm³/mol. The highest BCUT2D eigenvalue weighted by atomic mass is 16.2. The van der Waals surface area contributed by atoms with E-state index in [0.717, 1.165) is 17.7 Å². The highest BCUT2D eigenvalue weighted by Crippen LogP contribution is 2.33. The summed E-state index contributed by atoms with van der Waals surface area (Å²) in [4.78, 5) is 31.4. The molecular weight excluding hydrogens is 418 g/mol. The van der Waals surface area contributed by atoms with Gasteiger partial charge in [0.05, 0.1) is 18.2 Å². The van der Waals surface area contributed by atoms with E-state index in [1.165, 1.54) is 5.56 Å². The molecule has 5 rings (SSSR count). The molecule has 170 valence electrons. The average molecular weight is 446 g/mol. The fraction of sp³-hybridized carbons (Fsp3) is 0.375. The first-order valence-corrected chi connectivity index (χ1v) is 11.3. The lowest BCUT2D eigenvalue weighted by molar-refractivity contribution is -0.136. The number of hydrogen-bond acceptors (Lipinski definition) is 6. The molecule has 0 saturated carbocycles. The van der Waals surface area contributed by atoms with E-state index in [4.69, 9.17) is 0 Å². The average Bonchev–Trinajstić information content (AvgIpc) is 3.35. The van der Waals surface area contributed by atoms with Gasteiger partial charge in [-0.15, -0.1) is 0 Å². The molecule has 1 aromatic heterocycles. The molecule has 0 radical (unpaired) electrons. The minimum Gasteiger partial charge on any atom is -0.339 e. The lowest BCUT2D eigenvalue weighted by atomic mass is 9.90. The van der Waals surface area contributed by atoms with Crippen molar-refractivity contribution in [3.05, 3.63) is 65.7 Å². The zero-order valence-corrected chi connectivity index (χ0v) is 18.7. The van der Waals surface area contributed by atoms with Gasteiger partial charge in [0.2, 0.25) is 17.8 Å². The van der Waals surface area contributed by atoms with Crippen LogP contribution in [0.2, 0.25) is 0 Å². The molecule has 1 saturated heterocycles. The van der Waals surface area contributed by atoms with Crippen LogP contribution in [0.25, 0.3) is 5.69 Å². The van der Waals surface area contributed by atoms with Crippen LogP contribution in [-0.4, -0.2) is 74.5 Å². The zero-order valence-electron chi connectivity index (χ0n) is 18.7. The number of carbonyl (C=O) groups is 2. The van der Waals surface area contributed by atoms with Crippen molar-refractivity contribution in [2.24, 2.45) is 0 Å². The third kappa shape index (κ3) is 4.18. The molecule has 1 fully saturated rings. The Labute approximate surface area is 192 Å². The minimum absolute atomic E-state index is 0.0138. The number of piperazine rings is 1. The van der Waals surface area contributed by atoms with Crippen molar-refractivity contribution in [3.8, 4) is 5.69 Å². The summed E-state index contributed by atoms with van der Waals surface area (Å²) >= 11 is 0. The third-order valence-electron chi connectivity index (χ3n) is 6.55. The van der Waals surface area contributed by atoms with Crippen LogP contribution in [0.1, 0.15) is 30.5 Å². The number of amides is 2. The topological polar surface area (TPSA) is 87.5 Å². The Morgan fingerprint density at radius 2 is 1.67 bits per heavy atom. The van der Waals surface area contributed by atoms with E-state index in [1.54, 1.807) is 11.6 Å². The summed E-state index contributed by atoms with van der Waals surface area (Å²) < 4.78 is 1.72. The number of tetrazole rings is 1. The lowest BCUT2D eigenvalue weighted by Crippen LogP contribution is -2.50. The van der Waals surface area contributed by atoms with Crippen molar-refractivity contribution in [1.29, 1.82) is 0 Å². The van der Waals surface area contributed by atoms with Crippen molar-refractivity contribution < 1.29 is 9.59 Å². The first kappa shape index (κ1) is 21.1. The monoisotopic (exact) mass is 445 g/mol. The van der Waals surface area contributed by atoms with Gasteiger partial charge in [-0.2, -0.15) is 4.68 Å². The van der Waals surface area contributed by atoms with Gasteiger partial charge >= 0.3 is 0 Å². The largest absolute Gasteiger partial charge is 0.339 e. The van der Waals surface area contributed by atoms with Crippen LogP contribution in [0.5, 0.6) is 0 Å². The molecule has 2 aliphatic heterocycles. The molecule has 3 aromatic rings. The van der Waals surface area contributed by atoms with Crippen LogP contribution in [0, 0.1) is 0 Å². The number of aromatic nitrogens is 4. The molecule has 0 aliphatic carbocycles. The maximum Gasteiger partial charge on any atom is 0.250 e. The van der Waals surface area contributed by atoms with Gasteiger partial charge in [-0.3, -0.25) is 9.59 Å². The number of para-hydroxylation sites is 1. The molecule has 0 spiro atoms. The molecular formula is C24H27N7O2. The van der Waals surface area contributed by atoms with Crippen molar-refractivity contribution in [2.75, 3.05) is 37.6 Å². The normalized spacial score (nSPS) is 18.2. The van der Waals surface area contributed by atoms with Crippen molar-refractivity contribution >= 4 is 17.8 Å². The summed E-state index contributed by atoms with van der Waals surface area (Å²) in [5.41, 5.74) is 3.22. The number of benzene rings is 2. The molecule has 33 heavy (non-hydrogen) atoms. The molecule has 1 atom stereocenters. The maximum absolute atomic E-state index is 13.2. The Balaban J connectivity index is 1.26. The van der Waals surface area contributed by atoms with E-state index in [9.17, 15) is 9.59 Å². The quantitative estimate of drug-likeness (QED) is 0.609. The van der Waals surface area contributed by atoms with Gasteiger partial charge in [0, 0.05) is 39.6 Å². The Bertz CT molecular complexity index is 1140. The first-order valence-electron chi connectivity index (χ1n) is 11.3. The fourth-order valence-electron chi connectivity index (χ4n) is 4.81. The minimum atomic E-state index is -0.205. The predicted octanol–water partition coefficient (Wildman–Crippen LogP) is 1.85. The Morgan fingerprint density at radius 1 is 0.939 bits per heavy atom. The number of anilines is 1. The number of nitrogens with zero attached hydrogens (tertiary/aromatic N) is 7. The van der Waals surface area contributed by atoms with E-state index in [-0.39, 0.29) is 17.9 Å². The summed E-state index contributed by atoms with van der Waals surface area (Å²) in [6.45, 7) is 4.72. The molecule has 0 N–H and O–H groups in total. The molecule has 9 heteroatoms. The van der Waals surface area contributed by atoms with Gasteiger partial charge in [0.1, 0.15) is 0 Å². The zero-order chi connectivity index (χ0) is 22.8. The summed E-state index contributed by atoms with van der Waals surface area (Å²) in [6, 6.07) is 17.7. The van der Waals surface area contributed by atoms with E-state index in [0.29, 0.717) is 45.1 Å². The van der Waals surface area contributed by atoms with Gasteiger partial charge in [-0.25, -0.2) is 0 Å². The van der Waals surface area contributed by atoms with Gasteiger partial charge in [0.25, 0.3) is 0 Å². The van der Waals surface area contributed by atoms with E-state index in [1.807, 2.05) is 58.3 Å². The van der Waals surface area contributed by atoms with Crippen LogP contribution < -0.4 is 4.90 Å². The highest BCUT2D eigenvalue weighted by Gasteiger charge is 2.33. The van der Waals surface area contributed by atoms with Gasteiger partial charge < -0.3 is 14.7 Å². The second kappa shape index (κ2) is 9.01. The molecule has 1 unspecified atom stereocenters. The lowest BCUT2D eigenvalue weighted by Gasteiger charge is -2.39. The summed E-state index contributed by atoms with van der Waals surface area (Å²) in [5, 5.41) is 12.2. The van der Waals surface area contributed by atoms with Crippen LogP contribution in [0.3, 0.4) is 0 Å². The van der Waals surface area contributed by atoms with Crippen LogP contribution in [0.15, 0.2) is 54.6 Å². The summed E-state index contributed by atoms with van der Waals surface area (Å²) in [7, 11) is 0. The molecule has 2 aliphatic rings. The van der Waals surface area contributed by atoms with Crippen molar-refractivity contribution in [1.82, 2.24) is 30.0 Å². The van der Waals surface area contributed by atoms with Gasteiger partial charge in [-0.05, 0) is 40.1 Å². The number of fused-ring (bicyclic) bond motifs is 1. The van der Waals surface area contributed by atoms with E-state index < -0.39 is 0 Å². The molecule has 9 nitrogen and oxygen atoms in total. The number of rotatable bonds is 4. The second-order valence-electron chi connectivity index (χ2n) is 8.48. The van der Waals surface area contributed by atoms with Crippen LogP contribution >= 0.6 is 0 Å². The van der Waals surface area contributed by atoms with E-state index >= 15 is 0 Å². The second-order valence-corrected chi connectivity index (χ2v) is 8.48. The van der Waals surface area contributed by atoms with Crippen LogP contribution in [-0.2, 0) is 16.0 Å². The molecule has 3 heterocycles. The summed E-state index contributed by atoms with van der Waals surface area (Å²) in [5.74, 6) is 0.766. The SMILES string of the molecule is CC(=O)N1CCc2ccccc2C1CC(=O)N1CCN(c2nnnn2-c2ccccc2)CC1. The Hall–Kier alpha value is -3.75. The Kier molecular flexibility index (Phi) is 5.77.